The Morgan fingerprint density at radius 3 is 2.11 bits per heavy atom. The van der Waals surface area contributed by atoms with Crippen molar-refractivity contribution in [3.63, 3.8) is 0 Å². The predicted octanol–water partition coefficient (Wildman–Crippen LogP) is 5.10. The number of hydrogen-bond acceptors (Lipinski definition) is 1. The minimum Gasteiger partial charge on any atom is -0.280 e. The summed E-state index contributed by atoms with van der Waals surface area (Å²) in [6.45, 7) is 4.02. The average Bonchev–Trinajstić information content (AvgIpc) is 2.82. The van der Waals surface area contributed by atoms with Crippen LogP contribution in [0.3, 0.4) is 0 Å². The quantitative estimate of drug-likeness (QED) is 0.710. The summed E-state index contributed by atoms with van der Waals surface area (Å²) in [4.78, 5) is 11.6. The third-order valence-corrected chi connectivity index (χ3v) is 4.56. The summed E-state index contributed by atoms with van der Waals surface area (Å²) in [5, 5.41) is 0.837. The van der Waals surface area contributed by atoms with Crippen LogP contribution in [-0.2, 0) is 4.79 Å². The summed E-state index contributed by atoms with van der Waals surface area (Å²) in [6.07, 6.45) is 2.50. The summed E-state index contributed by atoms with van der Waals surface area (Å²) in [5.74, 6) is 0. The molecule has 0 aromatic heterocycles. The maximum absolute atomic E-state index is 11.6. The van der Waals surface area contributed by atoms with Crippen molar-refractivity contribution in [1.29, 1.82) is 0 Å². The predicted molar refractivity (Wildman–Crippen MR) is 77.0 cm³/mol. The Morgan fingerprint density at radius 2 is 1.72 bits per heavy atom. The highest BCUT2D eigenvalue weighted by molar-refractivity contribution is 6.65. The van der Waals surface area contributed by atoms with E-state index >= 15 is 0 Å². The van der Waals surface area contributed by atoms with Crippen LogP contribution in [0.2, 0.25) is 5.02 Å². The molecule has 0 saturated heterocycles. The molecule has 1 saturated carbocycles. The Bertz CT molecular complexity index is 516. The fourth-order valence-corrected chi connectivity index (χ4v) is 3.02. The van der Waals surface area contributed by atoms with Crippen LogP contribution >= 0.6 is 34.8 Å². The molecule has 0 aliphatic heterocycles. The standard InChI is InChI=1S/C14H13Cl3O/c1-13(2)8-14(13,12(17)18)7-11(16)9-3-5-10(15)6-4-9/h3-7H,8H2,1-2H3. The van der Waals surface area contributed by atoms with Gasteiger partial charge >= 0.3 is 0 Å². The van der Waals surface area contributed by atoms with Crippen LogP contribution < -0.4 is 0 Å². The van der Waals surface area contributed by atoms with E-state index in [0.29, 0.717) is 10.1 Å². The molecule has 1 aliphatic rings. The van der Waals surface area contributed by atoms with Crippen LogP contribution in [0.25, 0.3) is 5.03 Å². The van der Waals surface area contributed by atoms with Crippen molar-refractivity contribution in [2.45, 2.75) is 20.3 Å². The second-order valence-electron chi connectivity index (χ2n) is 5.30. The number of benzene rings is 1. The molecule has 96 valence electrons. The molecule has 0 spiro atoms. The van der Waals surface area contributed by atoms with Gasteiger partial charge in [0.15, 0.2) is 0 Å². The third kappa shape index (κ3) is 2.32. The largest absolute Gasteiger partial charge is 0.280 e. The van der Waals surface area contributed by atoms with Crippen molar-refractivity contribution >= 4 is 45.1 Å². The first-order valence-corrected chi connectivity index (χ1v) is 6.76. The molecule has 0 N–H and O–H groups in total. The monoisotopic (exact) mass is 302 g/mol. The average molecular weight is 304 g/mol. The van der Waals surface area contributed by atoms with Gasteiger partial charge in [0, 0.05) is 10.1 Å². The molecule has 1 atom stereocenters. The molecule has 2 rings (SSSR count). The summed E-state index contributed by atoms with van der Waals surface area (Å²) < 4.78 is 0. The molecule has 1 aromatic rings. The van der Waals surface area contributed by atoms with Crippen molar-refractivity contribution in [3.05, 3.63) is 40.9 Å². The molecule has 0 radical (unpaired) electrons. The van der Waals surface area contributed by atoms with Gasteiger partial charge in [-0.25, -0.2) is 0 Å². The second-order valence-corrected chi connectivity index (χ2v) is 6.49. The lowest BCUT2D eigenvalue weighted by molar-refractivity contribution is -0.115. The highest BCUT2D eigenvalue weighted by Crippen LogP contribution is 2.66. The van der Waals surface area contributed by atoms with Crippen LogP contribution in [0.1, 0.15) is 25.8 Å². The van der Waals surface area contributed by atoms with Crippen molar-refractivity contribution in [2.24, 2.45) is 10.8 Å². The third-order valence-electron chi connectivity index (χ3n) is 3.65. The van der Waals surface area contributed by atoms with E-state index in [1.165, 1.54) is 0 Å². The van der Waals surface area contributed by atoms with E-state index in [1.54, 1.807) is 18.2 Å². The molecule has 1 nitrogen and oxygen atoms in total. The lowest BCUT2D eigenvalue weighted by atomic mass is 9.96. The Balaban J connectivity index is 2.34. The van der Waals surface area contributed by atoms with Gasteiger partial charge < -0.3 is 0 Å². The van der Waals surface area contributed by atoms with E-state index in [9.17, 15) is 4.79 Å². The molecule has 1 fully saturated rings. The molecule has 1 unspecified atom stereocenters. The summed E-state index contributed by atoms with van der Waals surface area (Å²) in [6, 6.07) is 7.17. The minimum absolute atomic E-state index is 0.127. The van der Waals surface area contributed by atoms with Crippen molar-refractivity contribution in [3.8, 4) is 0 Å². The van der Waals surface area contributed by atoms with Crippen molar-refractivity contribution < 1.29 is 4.79 Å². The zero-order valence-electron chi connectivity index (χ0n) is 10.1. The van der Waals surface area contributed by atoms with Gasteiger partial charge in [0.05, 0.1) is 5.41 Å². The fourth-order valence-electron chi connectivity index (χ4n) is 2.20. The number of hydrogen-bond donors (Lipinski definition) is 0. The van der Waals surface area contributed by atoms with Crippen LogP contribution in [-0.4, -0.2) is 5.24 Å². The highest BCUT2D eigenvalue weighted by Gasteiger charge is 2.64. The number of allylic oxidation sites excluding steroid dienone is 1. The second kappa shape index (κ2) is 4.56. The number of halogens is 3. The van der Waals surface area contributed by atoms with Crippen molar-refractivity contribution in [2.75, 3.05) is 0 Å². The number of carbonyl (C=O) groups is 1. The summed E-state index contributed by atoms with van der Waals surface area (Å²) >= 11 is 17.8. The zero-order chi connectivity index (χ0) is 13.6. The molecule has 1 aromatic carbocycles. The maximum atomic E-state index is 11.6. The van der Waals surface area contributed by atoms with Crippen LogP contribution in [0, 0.1) is 10.8 Å². The van der Waals surface area contributed by atoms with E-state index in [4.69, 9.17) is 34.8 Å². The van der Waals surface area contributed by atoms with Gasteiger partial charge in [-0.1, -0.05) is 49.2 Å². The molecule has 4 heteroatoms. The normalized spacial score (nSPS) is 25.9. The number of rotatable bonds is 3. The van der Waals surface area contributed by atoms with Gasteiger partial charge in [-0.2, -0.15) is 0 Å². The molecule has 0 heterocycles. The SMILES string of the molecule is CC1(C)CC1(C=C(Cl)c1ccc(Cl)cc1)C(=O)Cl. The smallest absolute Gasteiger partial charge is 0.232 e. The van der Waals surface area contributed by atoms with Gasteiger partial charge in [0.25, 0.3) is 0 Å². The Morgan fingerprint density at radius 1 is 1.22 bits per heavy atom. The van der Waals surface area contributed by atoms with E-state index in [2.05, 4.69) is 0 Å². The van der Waals surface area contributed by atoms with E-state index in [-0.39, 0.29) is 10.7 Å². The molecule has 18 heavy (non-hydrogen) atoms. The molecular weight excluding hydrogens is 291 g/mol. The van der Waals surface area contributed by atoms with Crippen molar-refractivity contribution in [1.82, 2.24) is 0 Å². The Hall–Kier alpha value is -0.500. The lowest BCUT2D eigenvalue weighted by Crippen LogP contribution is -2.14. The number of carbonyl (C=O) groups excluding carboxylic acids is 1. The molecular formula is C14H13Cl3O. The van der Waals surface area contributed by atoms with E-state index in [1.807, 2.05) is 26.0 Å². The summed E-state index contributed by atoms with van der Waals surface area (Å²) in [5.41, 5.74) is 0.0741. The van der Waals surface area contributed by atoms with Gasteiger partial charge in [0.2, 0.25) is 5.24 Å². The Labute approximate surface area is 122 Å². The van der Waals surface area contributed by atoms with Gasteiger partial charge in [0.1, 0.15) is 0 Å². The van der Waals surface area contributed by atoms with Gasteiger partial charge in [-0.3, -0.25) is 4.79 Å². The minimum atomic E-state index is -0.634. The molecule has 0 bridgehead atoms. The zero-order valence-corrected chi connectivity index (χ0v) is 12.4. The van der Waals surface area contributed by atoms with E-state index < -0.39 is 5.41 Å². The lowest BCUT2D eigenvalue weighted by Gasteiger charge is -2.12. The van der Waals surface area contributed by atoms with Gasteiger partial charge in [-0.15, -0.1) is 0 Å². The topological polar surface area (TPSA) is 17.1 Å². The highest BCUT2D eigenvalue weighted by atomic mass is 35.5. The molecule has 0 amide bonds. The molecule has 1 aliphatic carbocycles. The maximum Gasteiger partial charge on any atom is 0.232 e. The van der Waals surface area contributed by atoms with E-state index in [0.717, 1.165) is 12.0 Å². The summed E-state index contributed by atoms with van der Waals surface area (Å²) in [7, 11) is 0. The van der Waals surface area contributed by atoms with Crippen LogP contribution in [0.4, 0.5) is 0 Å². The Kier molecular flexibility index (Phi) is 3.52. The first-order chi connectivity index (χ1) is 8.28. The van der Waals surface area contributed by atoms with Crippen LogP contribution in [0.15, 0.2) is 30.3 Å². The first kappa shape index (κ1) is 13.9. The van der Waals surface area contributed by atoms with Crippen LogP contribution in [0.5, 0.6) is 0 Å². The van der Waals surface area contributed by atoms with Gasteiger partial charge in [-0.05, 0) is 47.2 Å². The fraction of sp³-hybridized carbons (Fsp3) is 0.357. The first-order valence-electron chi connectivity index (χ1n) is 5.63.